The van der Waals surface area contributed by atoms with Gasteiger partial charge in [0, 0.05) is 17.1 Å². The molecule has 2 aromatic heterocycles. The molecular weight excluding hydrogens is 200 g/mol. The number of fused-ring (bicyclic) bond motifs is 1. The fourth-order valence-electron chi connectivity index (χ4n) is 1.73. The van der Waals surface area contributed by atoms with E-state index in [9.17, 15) is 0 Å². The summed E-state index contributed by atoms with van der Waals surface area (Å²) in [5.41, 5.74) is 7.44. The van der Waals surface area contributed by atoms with Gasteiger partial charge in [0.05, 0.1) is 0 Å². The fourth-order valence-corrected chi connectivity index (χ4v) is 1.73. The zero-order valence-corrected chi connectivity index (χ0v) is 8.55. The first kappa shape index (κ1) is 8.97. The molecule has 78 valence electrons. The smallest absolute Gasteiger partial charge is 0.176 e. The Hall–Kier alpha value is -2.29. The highest BCUT2D eigenvalue weighted by molar-refractivity contribution is 5.89. The summed E-state index contributed by atoms with van der Waals surface area (Å²) in [5, 5.41) is 0.978. The minimum atomic E-state index is 0.430. The maximum Gasteiger partial charge on any atom is 0.176 e. The molecule has 3 nitrogen and oxygen atoms in total. The first-order chi connectivity index (χ1) is 7.84. The number of hydrogen-bond donors (Lipinski definition) is 1. The number of nitrogens with two attached hydrogens (primary N) is 1. The molecule has 0 unspecified atom stereocenters. The Balaban J connectivity index is 2.23. The number of nitrogen functional groups attached to an aromatic ring is 1. The van der Waals surface area contributed by atoms with Crippen LogP contribution in [0.15, 0.2) is 53.1 Å². The minimum absolute atomic E-state index is 0.430. The molecule has 0 radical (unpaired) electrons. The molecule has 0 amide bonds. The monoisotopic (exact) mass is 210 g/mol. The highest BCUT2D eigenvalue weighted by Gasteiger charge is 2.08. The van der Waals surface area contributed by atoms with Crippen molar-refractivity contribution < 1.29 is 4.42 Å². The summed E-state index contributed by atoms with van der Waals surface area (Å²) in [5.74, 6) is 1.25. The lowest BCUT2D eigenvalue weighted by atomic mass is 10.1. The normalized spacial score (nSPS) is 10.8. The van der Waals surface area contributed by atoms with Crippen LogP contribution < -0.4 is 5.73 Å². The van der Waals surface area contributed by atoms with Crippen molar-refractivity contribution in [2.24, 2.45) is 0 Å². The zero-order chi connectivity index (χ0) is 11.0. The molecule has 0 saturated heterocycles. The molecule has 1 aromatic carbocycles. The molecule has 0 aliphatic heterocycles. The molecule has 0 bridgehead atoms. The van der Waals surface area contributed by atoms with E-state index in [2.05, 4.69) is 4.98 Å². The van der Waals surface area contributed by atoms with Crippen LogP contribution in [0.25, 0.3) is 22.3 Å². The summed E-state index contributed by atoms with van der Waals surface area (Å²) in [6.07, 6.45) is 1.68. The topological polar surface area (TPSA) is 52.0 Å². The van der Waals surface area contributed by atoms with Gasteiger partial charge in [0.25, 0.3) is 0 Å². The van der Waals surface area contributed by atoms with Crippen molar-refractivity contribution in [1.29, 1.82) is 0 Å². The Morgan fingerprint density at radius 1 is 1.06 bits per heavy atom. The molecule has 3 rings (SSSR count). The van der Waals surface area contributed by atoms with Crippen LogP contribution >= 0.6 is 0 Å². The predicted molar refractivity (Wildman–Crippen MR) is 63.9 cm³/mol. The van der Waals surface area contributed by atoms with Gasteiger partial charge in [-0.25, -0.2) is 4.98 Å². The molecule has 0 fully saturated rings. The minimum Gasteiger partial charge on any atom is -0.452 e. The van der Waals surface area contributed by atoms with Crippen LogP contribution in [0.4, 0.5) is 5.82 Å². The summed E-state index contributed by atoms with van der Waals surface area (Å²) in [6.45, 7) is 0. The number of aromatic nitrogens is 1. The third kappa shape index (κ3) is 1.34. The van der Waals surface area contributed by atoms with E-state index in [4.69, 9.17) is 10.2 Å². The van der Waals surface area contributed by atoms with Crippen molar-refractivity contribution in [3.05, 3.63) is 48.7 Å². The third-order valence-corrected chi connectivity index (χ3v) is 2.52. The summed E-state index contributed by atoms with van der Waals surface area (Å²) in [7, 11) is 0. The van der Waals surface area contributed by atoms with Crippen LogP contribution in [0.5, 0.6) is 0 Å². The van der Waals surface area contributed by atoms with Crippen LogP contribution in [0.3, 0.4) is 0 Å². The summed E-state index contributed by atoms with van der Waals surface area (Å²) >= 11 is 0. The Bertz CT molecular complexity index is 629. The van der Waals surface area contributed by atoms with Crippen molar-refractivity contribution in [3.63, 3.8) is 0 Å². The van der Waals surface area contributed by atoms with Crippen molar-refractivity contribution >= 4 is 16.8 Å². The second-order valence-corrected chi connectivity index (χ2v) is 3.59. The van der Waals surface area contributed by atoms with Gasteiger partial charge < -0.3 is 10.2 Å². The Morgan fingerprint density at radius 3 is 2.62 bits per heavy atom. The summed E-state index contributed by atoms with van der Waals surface area (Å²) < 4.78 is 5.70. The lowest BCUT2D eigenvalue weighted by molar-refractivity contribution is 0.631. The molecule has 0 aliphatic rings. The Kier molecular flexibility index (Phi) is 1.90. The van der Waals surface area contributed by atoms with Gasteiger partial charge in [0.15, 0.2) is 11.4 Å². The van der Waals surface area contributed by atoms with Crippen molar-refractivity contribution in [1.82, 2.24) is 4.98 Å². The van der Waals surface area contributed by atoms with Gasteiger partial charge in [-0.3, -0.25) is 0 Å². The van der Waals surface area contributed by atoms with Crippen LogP contribution in [-0.2, 0) is 0 Å². The van der Waals surface area contributed by atoms with E-state index in [0.717, 1.165) is 16.7 Å². The molecule has 3 heteroatoms. The van der Waals surface area contributed by atoms with Gasteiger partial charge in [0.1, 0.15) is 5.76 Å². The highest BCUT2D eigenvalue weighted by Crippen LogP contribution is 2.29. The Morgan fingerprint density at radius 2 is 1.88 bits per heavy atom. The average Bonchev–Trinajstić information content (AvgIpc) is 2.76. The predicted octanol–water partition coefficient (Wildman–Crippen LogP) is 3.08. The van der Waals surface area contributed by atoms with E-state index in [1.165, 1.54) is 0 Å². The van der Waals surface area contributed by atoms with Gasteiger partial charge >= 0.3 is 0 Å². The number of benzene rings is 1. The molecule has 0 saturated carbocycles. The first-order valence-corrected chi connectivity index (χ1v) is 5.04. The van der Waals surface area contributed by atoms with E-state index in [1.807, 2.05) is 42.5 Å². The number of rotatable bonds is 1. The van der Waals surface area contributed by atoms with Gasteiger partial charge in [0.2, 0.25) is 0 Å². The van der Waals surface area contributed by atoms with Crippen LogP contribution in [0.2, 0.25) is 0 Å². The van der Waals surface area contributed by atoms with Crippen LogP contribution in [-0.4, -0.2) is 4.98 Å². The van der Waals surface area contributed by atoms with Crippen LogP contribution in [0.1, 0.15) is 0 Å². The summed E-state index contributed by atoms with van der Waals surface area (Å²) in [6, 6.07) is 13.8. The second-order valence-electron chi connectivity index (χ2n) is 3.59. The molecule has 3 aromatic rings. The lowest BCUT2D eigenvalue weighted by Crippen LogP contribution is -1.87. The molecule has 0 atom stereocenters. The van der Waals surface area contributed by atoms with Crippen molar-refractivity contribution in [2.45, 2.75) is 0 Å². The number of furan rings is 1. The number of nitrogens with zero attached hydrogens (tertiary/aromatic N) is 1. The van der Waals surface area contributed by atoms with Gasteiger partial charge in [-0.2, -0.15) is 0 Å². The molecule has 0 spiro atoms. The number of pyridine rings is 1. The standard InChI is InChI=1S/C13H10N2O/c14-13-12-10(6-7-15-13)8-11(16-12)9-4-2-1-3-5-9/h1-8H,(H2,14,15). The quantitative estimate of drug-likeness (QED) is 0.671. The Labute approximate surface area is 92.5 Å². The second kappa shape index (κ2) is 3.38. The van der Waals surface area contributed by atoms with Gasteiger partial charge in [-0.05, 0) is 12.1 Å². The van der Waals surface area contributed by atoms with Crippen molar-refractivity contribution in [3.8, 4) is 11.3 Å². The van der Waals surface area contributed by atoms with E-state index in [1.54, 1.807) is 6.20 Å². The average molecular weight is 210 g/mol. The van der Waals surface area contributed by atoms with E-state index < -0.39 is 0 Å². The van der Waals surface area contributed by atoms with E-state index in [-0.39, 0.29) is 0 Å². The van der Waals surface area contributed by atoms with Gasteiger partial charge in [-0.15, -0.1) is 0 Å². The number of hydrogen-bond acceptors (Lipinski definition) is 3. The van der Waals surface area contributed by atoms with Gasteiger partial charge in [-0.1, -0.05) is 30.3 Å². The maximum atomic E-state index is 5.74. The van der Waals surface area contributed by atoms with E-state index in [0.29, 0.717) is 11.4 Å². The molecule has 16 heavy (non-hydrogen) atoms. The highest BCUT2D eigenvalue weighted by atomic mass is 16.3. The van der Waals surface area contributed by atoms with Crippen molar-refractivity contribution in [2.75, 3.05) is 5.73 Å². The molecule has 2 heterocycles. The van der Waals surface area contributed by atoms with Crippen LogP contribution in [0, 0.1) is 0 Å². The fraction of sp³-hybridized carbons (Fsp3) is 0. The lowest BCUT2D eigenvalue weighted by Gasteiger charge is -1.94. The zero-order valence-electron chi connectivity index (χ0n) is 8.55. The number of anilines is 1. The molecule has 2 N–H and O–H groups in total. The van der Waals surface area contributed by atoms with E-state index >= 15 is 0 Å². The summed E-state index contributed by atoms with van der Waals surface area (Å²) in [4.78, 5) is 4.00. The SMILES string of the molecule is Nc1nccc2cc(-c3ccccc3)oc12. The molecular formula is C13H10N2O. The largest absolute Gasteiger partial charge is 0.452 e. The third-order valence-electron chi connectivity index (χ3n) is 2.52. The maximum absolute atomic E-state index is 5.74. The first-order valence-electron chi connectivity index (χ1n) is 5.04. The molecule has 0 aliphatic carbocycles.